The van der Waals surface area contributed by atoms with E-state index in [2.05, 4.69) is 169 Å². The Kier molecular flexibility index (Phi) is 7.00. The highest BCUT2D eigenvalue weighted by Gasteiger charge is 2.15. The maximum Gasteiger partial charge on any atom is 0.0598 e. The van der Waals surface area contributed by atoms with Gasteiger partial charge in [0.25, 0.3) is 0 Å². The number of fused-ring (bicyclic) bond motifs is 6. The van der Waals surface area contributed by atoms with Crippen LogP contribution in [0.3, 0.4) is 0 Å². The third-order valence-corrected chi connectivity index (χ3v) is 9.05. The molecule has 0 spiro atoms. The van der Waals surface area contributed by atoms with Crippen molar-refractivity contribution in [1.29, 1.82) is 0 Å². The molecule has 2 heterocycles. The Hall–Kier alpha value is -5.12. The third-order valence-electron chi connectivity index (χ3n) is 9.05. The van der Waals surface area contributed by atoms with Gasteiger partial charge in [0.1, 0.15) is 0 Å². The molecule has 2 aromatic heterocycles. The van der Waals surface area contributed by atoms with Crippen LogP contribution in [0.25, 0.3) is 66.1 Å². The van der Waals surface area contributed by atoms with Crippen LogP contribution in [0.1, 0.15) is 32.8 Å². The van der Waals surface area contributed by atoms with Crippen LogP contribution in [0.15, 0.2) is 140 Å². The van der Waals surface area contributed by atoms with Crippen molar-refractivity contribution in [3.8, 4) is 22.5 Å². The van der Waals surface area contributed by atoms with E-state index in [1.165, 1.54) is 71.7 Å². The van der Waals surface area contributed by atoms with E-state index in [9.17, 15) is 0 Å². The number of benzene rings is 6. The van der Waals surface area contributed by atoms with Crippen LogP contribution in [0.4, 0.5) is 0 Å². The molecule has 0 fully saturated rings. The molecule has 0 amide bonds. The van der Waals surface area contributed by atoms with Crippen molar-refractivity contribution in [2.45, 2.75) is 39.2 Å². The zero-order chi connectivity index (χ0) is 31.3. The number of aryl methyl sites for hydroxylation is 1. The topological polar surface area (TPSA) is 19.1 Å². The Labute approximate surface area is 270 Å². The first-order valence-electron chi connectivity index (χ1n) is 16.3. The van der Waals surface area contributed by atoms with Crippen molar-refractivity contribution in [1.82, 2.24) is 9.13 Å². The van der Waals surface area contributed by atoms with Crippen LogP contribution in [0.2, 0.25) is 0 Å². The van der Waals surface area contributed by atoms with Crippen LogP contribution in [-0.2, 0) is 11.2 Å². The molecule has 8 aromatic rings. The van der Waals surface area contributed by atoms with Crippen molar-refractivity contribution in [3.63, 3.8) is 0 Å². The molecule has 3 nitrogen and oxygen atoms in total. The largest absolute Gasteiger partial charge is 0.376 e. The highest BCUT2D eigenvalue weighted by molar-refractivity contribution is 6.10. The summed E-state index contributed by atoms with van der Waals surface area (Å²) in [5.74, 6) is 0. The number of hydrogen-bond donors (Lipinski definition) is 0. The van der Waals surface area contributed by atoms with Gasteiger partial charge in [-0.05, 0) is 105 Å². The Balaban J connectivity index is 1.10. The second-order valence-corrected chi connectivity index (χ2v) is 13.2. The molecule has 0 N–H and O–H groups in total. The molecular weight excluding hydrogens is 560 g/mol. The van der Waals surface area contributed by atoms with Gasteiger partial charge in [0.05, 0.1) is 27.7 Å². The van der Waals surface area contributed by atoms with E-state index in [4.69, 9.17) is 4.74 Å². The summed E-state index contributed by atoms with van der Waals surface area (Å²) in [7, 11) is 0. The number of hydrogen-bond acceptors (Lipinski definition) is 1. The first-order valence-corrected chi connectivity index (χ1v) is 16.3. The molecule has 8 rings (SSSR count). The fraction of sp³-hybridized carbons (Fsp3) is 0.163. The van der Waals surface area contributed by atoms with E-state index in [0.717, 1.165) is 19.4 Å². The molecule has 46 heavy (non-hydrogen) atoms. The fourth-order valence-electron chi connectivity index (χ4n) is 6.91. The Morgan fingerprint density at radius 1 is 0.478 bits per heavy atom. The minimum atomic E-state index is -0.0934. The van der Waals surface area contributed by atoms with Crippen LogP contribution in [0.5, 0.6) is 0 Å². The zero-order valence-corrected chi connectivity index (χ0v) is 26.7. The highest BCUT2D eigenvalue weighted by atomic mass is 16.5. The van der Waals surface area contributed by atoms with Gasteiger partial charge in [0.2, 0.25) is 0 Å². The molecule has 0 aliphatic heterocycles. The lowest BCUT2D eigenvalue weighted by Gasteiger charge is -2.19. The average Bonchev–Trinajstić information content (AvgIpc) is 3.59. The lowest BCUT2D eigenvalue weighted by molar-refractivity contribution is -0.00384. The van der Waals surface area contributed by atoms with E-state index in [-0.39, 0.29) is 5.60 Å². The fourth-order valence-corrected chi connectivity index (χ4v) is 6.91. The van der Waals surface area contributed by atoms with Gasteiger partial charge < -0.3 is 13.9 Å². The average molecular weight is 599 g/mol. The smallest absolute Gasteiger partial charge is 0.0598 e. The van der Waals surface area contributed by atoms with Gasteiger partial charge in [-0.2, -0.15) is 0 Å². The molecule has 6 aromatic carbocycles. The summed E-state index contributed by atoms with van der Waals surface area (Å²) in [5.41, 5.74) is 10.9. The second kappa shape index (κ2) is 11.3. The number of aromatic nitrogens is 2. The number of rotatable bonds is 7. The van der Waals surface area contributed by atoms with Gasteiger partial charge >= 0.3 is 0 Å². The summed E-state index contributed by atoms with van der Waals surface area (Å²) in [4.78, 5) is 0. The molecule has 0 saturated carbocycles. The minimum Gasteiger partial charge on any atom is -0.376 e. The molecule has 0 saturated heterocycles. The lowest BCUT2D eigenvalue weighted by Crippen LogP contribution is -2.19. The van der Waals surface area contributed by atoms with Crippen molar-refractivity contribution in [3.05, 3.63) is 145 Å². The number of para-hydroxylation sites is 3. The first-order chi connectivity index (χ1) is 22.4. The quantitative estimate of drug-likeness (QED) is 0.167. The van der Waals surface area contributed by atoms with Gasteiger partial charge in [-0.15, -0.1) is 0 Å². The van der Waals surface area contributed by atoms with Crippen molar-refractivity contribution in [2.24, 2.45) is 0 Å². The lowest BCUT2D eigenvalue weighted by atomic mass is 10.0. The third kappa shape index (κ3) is 5.07. The summed E-state index contributed by atoms with van der Waals surface area (Å²) in [6.45, 7) is 7.12. The van der Waals surface area contributed by atoms with E-state index in [0.29, 0.717) is 0 Å². The highest BCUT2D eigenvalue weighted by Crippen LogP contribution is 2.35. The van der Waals surface area contributed by atoms with Gasteiger partial charge in [0.15, 0.2) is 0 Å². The molecule has 0 aliphatic carbocycles. The molecule has 0 unspecified atom stereocenters. The van der Waals surface area contributed by atoms with Crippen molar-refractivity contribution in [2.75, 3.05) is 6.61 Å². The predicted molar refractivity (Wildman–Crippen MR) is 195 cm³/mol. The standard InChI is InChI=1S/C43H38N2O/c1-43(2,3)46-28-10-11-30-18-27-42-38(29-30)37-14-6-9-17-41(37)45(42)34-25-21-32(22-26-34)31-19-23-33(24-20-31)44-39-15-7-4-12-35(39)36-13-5-8-16-40(36)44/h4-9,12-27,29H,10-11,28H2,1-3H3. The summed E-state index contributed by atoms with van der Waals surface area (Å²) < 4.78 is 10.7. The summed E-state index contributed by atoms with van der Waals surface area (Å²) >= 11 is 0. The van der Waals surface area contributed by atoms with Crippen molar-refractivity contribution < 1.29 is 4.74 Å². The Morgan fingerprint density at radius 3 is 1.39 bits per heavy atom. The van der Waals surface area contributed by atoms with Crippen LogP contribution in [0, 0.1) is 0 Å². The molecule has 3 heteroatoms. The SMILES string of the molecule is CC(C)(C)OCCCc1ccc2c(c1)c1ccccc1n2-c1ccc(-c2ccc(-n3c4ccccc4c4ccccc43)cc2)cc1. The molecule has 226 valence electrons. The number of nitrogens with zero attached hydrogens (tertiary/aromatic N) is 2. The minimum absolute atomic E-state index is 0.0934. The number of ether oxygens (including phenoxy) is 1. The molecule has 0 bridgehead atoms. The summed E-state index contributed by atoms with van der Waals surface area (Å²) in [6.07, 6.45) is 2.03. The van der Waals surface area contributed by atoms with Crippen LogP contribution >= 0.6 is 0 Å². The summed E-state index contributed by atoms with van der Waals surface area (Å²) in [6, 6.07) is 51.0. The maximum atomic E-state index is 5.96. The molecule has 0 aliphatic rings. The van der Waals surface area contributed by atoms with Crippen molar-refractivity contribution >= 4 is 43.6 Å². The van der Waals surface area contributed by atoms with E-state index in [1.54, 1.807) is 0 Å². The Bertz CT molecular complexity index is 2280. The zero-order valence-electron chi connectivity index (χ0n) is 26.7. The second-order valence-electron chi connectivity index (χ2n) is 13.2. The first kappa shape index (κ1) is 28.4. The van der Waals surface area contributed by atoms with Gasteiger partial charge in [-0.1, -0.05) is 84.9 Å². The Morgan fingerprint density at radius 2 is 0.913 bits per heavy atom. The molecular formula is C43H38N2O. The maximum absolute atomic E-state index is 5.96. The van der Waals surface area contributed by atoms with Crippen LogP contribution < -0.4 is 0 Å². The normalized spacial score (nSPS) is 12.2. The molecule has 0 atom stereocenters. The van der Waals surface area contributed by atoms with Gasteiger partial charge in [-0.3, -0.25) is 0 Å². The van der Waals surface area contributed by atoms with Gasteiger partial charge in [0, 0.05) is 39.5 Å². The van der Waals surface area contributed by atoms with E-state index < -0.39 is 0 Å². The van der Waals surface area contributed by atoms with Gasteiger partial charge in [-0.25, -0.2) is 0 Å². The monoisotopic (exact) mass is 598 g/mol. The van der Waals surface area contributed by atoms with E-state index in [1.807, 2.05) is 0 Å². The predicted octanol–water partition coefficient (Wildman–Crippen LogP) is 11.3. The summed E-state index contributed by atoms with van der Waals surface area (Å²) in [5, 5.41) is 5.15. The molecule has 0 radical (unpaired) electrons. The van der Waals surface area contributed by atoms with E-state index >= 15 is 0 Å². The van der Waals surface area contributed by atoms with Crippen LogP contribution in [-0.4, -0.2) is 21.3 Å².